The van der Waals surface area contributed by atoms with E-state index in [0.29, 0.717) is 31.5 Å². The van der Waals surface area contributed by atoms with E-state index in [9.17, 15) is 9.59 Å². The van der Waals surface area contributed by atoms with Crippen molar-refractivity contribution in [2.45, 2.75) is 45.3 Å². The van der Waals surface area contributed by atoms with Crippen molar-refractivity contribution in [1.29, 1.82) is 0 Å². The SMILES string of the molecule is CC(C)(C)OC(=O)N1CCC(NC(=O)c2cnc(Cl)nc2)CC1. The van der Waals surface area contributed by atoms with Crippen molar-refractivity contribution in [1.82, 2.24) is 20.2 Å². The monoisotopic (exact) mass is 340 g/mol. The molecule has 1 aromatic heterocycles. The molecule has 0 aliphatic carbocycles. The van der Waals surface area contributed by atoms with Crippen LogP contribution >= 0.6 is 11.6 Å². The molecule has 23 heavy (non-hydrogen) atoms. The van der Waals surface area contributed by atoms with E-state index in [1.165, 1.54) is 12.4 Å². The summed E-state index contributed by atoms with van der Waals surface area (Å²) in [6, 6.07) is 0.0110. The van der Waals surface area contributed by atoms with Crippen LogP contribution in [0.4, 0.5) is 4.79 Å². The van der Waals surface area contributed by atoms with E-state index < -0.39 is 5.60 Å². The first-order valence-electron chi connectivity index (χ1n) is 7.51. The molecule has 0 bridgehead atoms. The molecule has 0 atom stereocenters. The van der Waals surface area contributed by atoms with Crippen LogP contribution in [0, 0.1) is 0 Å². The van der Waals surface area contributed by atoms with Crippen LogP contribution < -0.4 is 5.32 Å². The summed E-state index contributed by atoms with van der Waals surface area (Å²) in [7, 11) is 0. The van der Waals surface area contributed by atoms with E-state index in [4.69, 9.17) is 16.3 Å². The van der Waals surface area contributed by atoms with E-state index >= 15 is 0 Å². The molecule has 126 valence electrons. The zero-order chi connectivity index (χ0) is 17.0. The fourth-order valence-electron chi connectivity index (χ4n) is 2.23. The summed E-state index contributed by atoms with van der Waals surface area (Å²) in [5.74, 6) is -0.239. The number of halogens is 1. The number of piperidine rings is 1. The zero-order valence-corrected chi connectivity index (χ0v) is 14.3. The quantitative estimate of drug-likeness (QED) is 0.835. The van der Waals surface area contributed by atoms with Gasteiger partial charge in [-0.15, -0.1) is 0 Å². The molecule has 2 heterocycles. The maximum Gasteiger partial charge on any atom is 0.410 e. The van der Waals surface area contributed by atoms with Gasteiger partial charge < -0.3 is 15.0 Å². The first-order chi connectivity index (χ1) is 10.7. The van der Waals surface area contributed by atoms with Crippen molar-refractivity contribution < 1.29 is 14.3 Å². The Morgan fingerprint density at radius 2 is 1.83 bits per heavy atom. The standard InChI is InChI=1S/C15H21ClN4O3/c1-15(2,3)23-14(22)20-6-4-11(5-7-20)19-12(21)10-8-17-13(16)18-9-10/h8-9,11H,4-7H2,1-3H3,(H,19,21). The van der Waals surface area contributed by atoms with Gasteiger partial charge in [0.05, 0.1) is 5.56 Å². The maximum atomic E-state index is 12.1. The second-order valence-corrected chi connectivity index (χ2v) is 6.79. The number of carbonyl (C=O) groups is 2. The van der Waals surface area contributed by atoms with Crippen molar-refractivity contribution in [2.24, 2.45) is 0 Å². The van der Waals surface area contributed by atoms with Crippen molar-refractivity contribution in [3.63, 3.8) is 0 Å². The number of hydrogen-bond donors (Lipinski definition) is 1. The molecule has 1 saturated heterocycles. The highest BCUT2D eigenvalue weighted by Crippen LogP contribution is 2.16. The number of ether oxygens (including phenoxy) is 1. The molecular formula is C15H21ClN4O3. The van der Waals surface area contributed by atoms with Gasteiger partial charge in [-0.2, -0.15) is 0 Å². The van der Waals surface area contributed by atoms with Gasteiger partial charge in [-0.1, -0.05) is 0 Å². The summed E-state index contributed by atoms with van der Waals surface area (Å²) in [5, 5.41) is 3.03. The largest absolute Gasteiger partial charge is 0.444 e. The number of nitrogens with zero attached hydrogens (tertiary/aromatic N) is 3. The van der Waals surface area contributed by atoms with Gasteiger partial charge in [0, 0.05) is 31.5 Å². The molecule has 0 spiro atoms. The second-order valence-electron chi connectivity index (χ2n) is 6.46. The highest BCUT2D eigenvalue weighted by Gasteiger charge is 2.27. The fourth-order valence-corrected chi connectivity index (χ4v) is 2.33. The maximum absolute atomic E-state index is 12.1. The molecule has 0 aromatic carbocycles. The number of carbonyl (C=O) groups excluding carboxylic acids is 2. The highest BCUT2D eigenvalue weighted by atomic mass is 35.5. The van der Waals surface area contributed by atoms with Crippen LogP contribution in [0.15, 0.2) is 12.4 Å². The van der Waals surface area contributed by atoms with Gasteiger partial charge in [-0.05, 0) is 45.2 Å². The molecule has 1 N–H and O–H groups in total. The van der Waals surface area contributed by atoms with Crippen molar-refractivity contribution in [3.05, 3.63) is 23.2 Å². The molecule has 1 aromatic rings. The Kier molecular flexibility index (Phi) is 5.41. The number of aromatic nitrogens is 2. The first kappa shape index (κ1) is 17.5. The minimum absolute atomic E-state index is 0.0110. The molecule has 0 unspecified atom stereocenters. The average molecular weight is 341 g/mol. The Morgan fingerprint density at radius 1 is 1.26 bits per heavy atom. The Morgan fingerprint density at radius 3 is 2.35 bits per heavy atom. The number of nitrogens with one attached hydrogen (secondary N) is 1. The lowest BCUT2D eigenvalue weighted by Gasteiger charge is -2.33. The third-order valence-corrected chi connectivity index (χ3v) is 3.56. The van der Waals surface area contributed by atoms with Gasteiger partial charge in [-0.25, -0.2) is 14.8 Å². The zero-order valence-electron chi connectivity index (χ0n) is 13.5. The predicted octanol–water partition coefficient (Wildman–Crippen LogP) is 2.26. The Bertz CT molecular complexity index is 563. The van der Waals surface area contributed by atoms with Crippen LogP contribution in [-0.4, -0.2) is 51.6 Å². The lowest BCUT2D eigenvalue weighted by atomic mass is 10.1. The van der Waals surface area contributed by atoms with Crippen molar-refractivity contribution >= 4 is 23.6 Å². The van der Waals surface area contributed by atoms with E-state index in [2.05, 4.69) is 15.3 Å². The summed E-state index contributed by atoms with van der Waals surface area (Å²) in [4.78, 5) is 33.3. The second kappa shape index (κ2) is 7.12. The van der Waals surface area contributed by atoms with Gasteiger partial charge in [0.2, 0.25) is 5.28 Å². The van der Waals surface area contributed by atoms with Crippen LogP contribution in [-0.2, 0) is 4.74 Å². The van der Waals surface area contributed by atoms with Gasteiger partial charge in [0.1, 0.15) is 5.60 Å². The molecule has 1 aliphatic rings. The van der Waals surface area contributed by atoms with Crippen LogP contribution in [0.25, 0.3) is 0 Å². The number of rotatable bonds is 2. The van der Waals surface area contributed by atoms with Gasteiger partial charge in [0.15, 0.2) is 0 Å². The number of likely N-dealkylation sites (tertiary alicyclic amines) is 1. The predicted molar refractivity (Wildman–Crippen MR) is 85.3 cm³/mol. The van der Waals surface area contributed by atoms with Crippen LogP contribution in [0.5, 0.6) is 0 Å². The average Bonchev–Trinajstić information content (AvgIpc) is 2.46. The first-order valence-corrected chi connectivity index (χ1v) is 7.89. The summed E-state index contributed by atoms with van der Waals surface area (Å²) in [5.41, 5.74) is -0.138. The van der Waals surface area contributed by atoms with Gasteiger partial charge in [0.25, 0.3) is 5.91 Å². The lowest BCUT2D eigenvalue weighted by Crippen LogP contribution is -2.47. The normalized spacial score (nSPS) is 16.1. The molecule has 2 amide bonds. The van der Waals surface area contributed by atoms with E-state index in [-0.39, 0.29) is 23.3 Å². The Hall–Kier alpha value is -1.89. The molecule has 2 rings (SSSR count). The third kappa shape index (κ3) is 5.35. The molecule has 1 fully saturated rings. The fraction of sp³-hybridized carbons (Fsp3) is 0.600. The van der Waals surface area contributed by atoms with Crippen molar-refractivity contribution in [3.8, 4) is 0 Å². The smallest absolute Gasteiger partial charge is 0.410 e. The Balaban J connectivity index is 1.81. The van der Waals surface area contributed by atoms with Crippen LogP contribution in [0.3, 0.4) is 0 Å². The van der Waals surface area contributed by atoms with E-state index in [1.54, 1.807) is 4.90 Å². The third-order valence-electron chi connectivity index (χ3n) is 3.36. The highest BCUT2D eigenvalue weighted by molar-refractivity contribution is 6.28. The summed E-state index contributed by atoms with van der Waals surface area (Å²) in [6.07, 6.45) is 3.83. The van der Waals surface area contributed by atoms with Crippen molar-refractivity contribution in [2.75, 3.05) is 13.1 Å². The number of hydrogen-bond acceptors (Lipinski definition) is 5. The minimum Gasteiger partial charge on any atom is -0.444 e. The summed E-state index contributed by atoms with van der Waals surface area (Å²) >= 11 is 5.60. The molecule has 8 heteroatoms. The molecule has 0 saturated carbocycles. The molecule has 1 aliphatic heterocycles. The lowest BCUT2D eigenvalue weighted by molar-refractivity contribution is 0.0199. The number of amides is 2. The van der Waals surface area contributed by atoms with Gasteiger partial charge in [-0.3, -0.25) is 4.79 Å². The minimum atomic E-state index is -0.503. The summed E-state index contributed by atoms with van der Waals surface area (Å²) < 4.78 is 5.34. The van der Waals surface area contributed by atoms with E-state index in [1.807, 2.05) is 20.8 Å². The van der Waals surface area contributed by atoms with Gasteiger partial charge >= 0.3 is 6.09 Å². The topological polar surface area (TPSA) is 84.4 Å². The van der Waals surface area contributed by atoms with Crippen LogP contribution in [0.1, 0.15) is 44.0 Å². The summed E-state index contributed by atoms with van der Waals surface area (Å²) in [6.45, 7) is 6.62. The van der Waals surface area contributed by atoms with Crippen LogP contribution in [0.2, 0.25) is 5.28 Å². The van der Waals surface area contributed by atoms with E-state index in [0.717, 1.165) is 0 Å². The molecule has 0 radical (unpaired) electrons. The molecule has 7 nitrogen and oxygen atoms in total. The Labute approximate surface area is 140 Å². The molecular weight excluding hydrogens is 320 g/mol.